The number of hydrogen-bond donors (Lipinski definition) is 1. The van der Waals surface area contributed by atoms with Gasteiger partial charge in [-0.2, -0.15) is 4.31 Å². The van der Waals surface area contributed by atoms with Crippen LogP contribution in [0.1, 0.15) is 11.1 Å². The van der Waals surface area contributed by atoms with Crippen LogP contribution in [0.4, 0.5) is 10.1 Å². The van der Waals surface area contributed by atoms with Gasteiger partial charge in [0.2, 0.25) is 10.0 Å². The number of benzene rings is 2. The van der Waals surface area contributed by atoms with Crippen molar-refractivity contribution >= 4 is 15.7 Å². The molecule has 0 unspecified atom stereocenters. The summed E-state index contributed by atoms with van der Waals surface area (Å²) < 4.78 is 40.2. The highest BCUT2D eigenvalue weighted by Gasteiger charge is 2.30. The van der Waals surface area contributed by atoms with E-state index in [4.69, 9.17) is 5.73 Å². The molecule has 0 spiro atoms. The van der Waals surface area contributed by atoms with E-state index in [1.165, 1.54) is 22.5 Å². The largest absolute Gasteiger partial charge is 0.399 e. The van der Waals surface area contributed by atoms with Gasteiger partial charge < -0.3 is 5.73 Å². The number of anilines is 1. The molecule has 1 aliphatic rings. The van der Waals surface area contributed by atoms with Crippen LogP contribution in [0.5, 0.6) is 0 Å². The lowest BCUT2D eigenvalue weighted by molar-refractivity contribution is 0.388. The van der Waals surface area contributed by atoms with E-state index in [-0.39, 0.29) is 11.4 Å². The van der Waals surface area contributed by atoms with Crippen LogP contribution in [0.25, 0.3) is 0 Å². The van der Waals surface area contributed by atoms with Gasteiger partial charge in [-0.1, -0.05) is 18.2 Å². The summed E-state index contributed by atoms with van der Waals surface area (Å²) in [5, 5.41) is 0. The average molecular weight is 306 g/mol. The summed E-state index contributed by atoms with van der Waals surface area (Å²) in [5.41, 5.74) is 8.30. The van der Waals surface area contributed by atoms with Crippen molar-refractivity contribution in [3.8, 4) is 0 Å². The SMILES string of the molecule is Nc1ccc2c(c1)CN(S(=O)(=O)c1ccccc1F)CC2. The van der Waals surface area contributed by atoms with Crippen LogP contribution in [0.3, 0.4) is 0 Å². The van der Waals surface area contributed by atoms with Gasteiger partial charge in [-0.25, -0.2) is 12.8 Å². The molecule has 4 nitrogen and oxygen atoms in total. The van der Waals surface area contributed by atoms with Gasteiger partial charge >= 0.3 is 0 Å². The highest BCUT2D eigenvalue weighted by Crippen LogP contribution is 2.27. The fourth-order valence-corrected chi connectivity index (χ4v) is 4.03. The van der Waals surface area contributed by atoms with Crippen LogP contribution in [0, 0.1) is 5.82 Å². The Morgan fingerprint density at radius 1 is 1.10 bits per heavy atom. The van der Waals surface area contributed by atoms with Crippen molar-refractivity contribution in [2.45, 2.75) is 17.9 Å². The minimum absolute atomic E-state index is 0.219. The molecule has 1 heterocycles. The summed E-state index contributed by atoms with van der Waals surface area (Å²) in [5.74, 6) is -0.726. The Morgan fingerprint density at radius 2 is 1.86 bits per heavy atom. The molecular weight excluding hydrogens is 291 g/mol. The molecular formula is C15H15FN2O2S. The second-order valence-electron chi connectivity index (χ2n) is 5.05. The fourth-order valence-electron chi connectivity index (χ4n) is 2.55. The topological polar surface area (TPSA) is 63.4 Å². The molecule has 0 aromatic heterocycles. The minimum Gasteiger partial charge on any atom is -0.399 e. The zero-order chi connectivity index (χ0) is 15.0. The van der Waals surface area contributed by atoms with Gasteiger partial charge in [-0.15, -0.1) is 0 Å². The van der Waals surface area contributed by atoms with Gasteiger partial charge in [-0.3, -0.25) is 0 Å². The van der Waals surface area contributed by atoms with Crippen molar-refractivity contribution in [3.05, 3.63) is 59.4 Å². The smallest absolute Gasteiger partial charge is 0.246 e. The summed E-state index contributed by atoms with van der Waals surface area (Å²) in [4.78, 5) is -0.280. The standard InChI is InChI=1S/C15H15FN2O2S/c16-14-3-1-2-4-15(14)21(19,20)18-8-7-11-5-6-13(17)9-12(11)10-18/h1-6,9H,7-8,10,17H2. The zero-order valence-corrected chi connectivity index (χ0v) is 12.1. The Labute approximate surface area is 123 Å². The molecule has 2 aromatic rings. The number of sulfonamides is 1. The van der Waals surface area contributed by atoms with Crippen molar-refractivity contribution in [2.75, 3.05) is 12.3 Å². The average Bonchev–Trinajstić information content (AvgIpc) is 2.46. The molecule has 0 amide bonds. The third-order valence-electron chi connectivity index (χ3n) is 3.66. The molecule has 0 aliphatic carbocycles. The maximum absolute atomic E-state index is 13.8. The van der Waals surface area contributed by atoms with E-state index in [1.807, 2.05) is 6.07 Å². The Morgan fingerprint density at radius 3 is 2.62 bits per heavy atom. The number of halogens is 1. The van der Waals surface area contributed by atoms with E-state index in [1.54, 1.807) is 12.1 Å². The fraction of sp³-hybridized carbons (Fsp3) is 0.200. The number of fused-ring (bicyclic) bond motifs is 1. The Hall–Kier alpha value is -1.92. The van der Waals surface area contributed by atoms with Crippen molar-refractivity contribution in [1.29, 1.82) is 0 Å². The Balaban J connectivity index is 1.97. The number of nitrogens with zero attached hydrogens (tertiary/aromatic N) is 1. The first-order valence-electron chi connectivity index (χ1n) is 6.60. The van der Waals surface area contributed by atoms with Crippen molar-refractivity contribution < 1.29 is 12.8 Å². The number of nitrogens with two attached hydrogens (primary N) is 1. The van der Waals surface area contributed by atoms with Crippen LogP contribution in [0.15, 0.2) is 47.4 Å². The number of hydrogen-bond acceptors (Lipinski definition) is 3. The normalized spacial score (nSPS) is 15.7. The van der Waals surface area contributed by atoms with E-state index < -0.39 is 15.8 Å². The lowest BCUT2D eigenvalue weighted by Crippen LogP contribution is -2.36. The molecule has 0 atom stereocenters. The minimum atomic E-state index is -3.83. The predicted octanol–water partition coefficient (Wildman–Crippen LogP) is 2.15. The van der Waals surface area contributed by atoms with E-state index in [0.717, 1.165) is 17.2 Å². The molecule has 0 saturated heterocycles. The van der Waals surface area contributed by atoms with Gasteiger partial charge in [-0.05, 0) is 41.8 Å². The van der Waals surface area contributed by atoms with Crippen molar-refractivity contribution in [1.82, 2.24) is 4.31 Å². The third-order valence-corrected chi connectivity index (χ3v) is 5.54. The van der Waals surface area contributed by atoms with Gasteiger partial charge in [0.25, 0.3) is 0 Å². The van der Waals surface area contributed by atoms with Gasteiger partial charge in [0.05, 0.1) is 0 Å². The maximum atomic E-state index is 13.8. The molecule has 3 rings (SSSR count). The van der Waals surface area contributed by atoms with E-state index in [0.29, 0.717) is 18.7 Å². The number of nitrogen functional groups attached to an aromatic ring is 1. The zero-order valence-electron chi connectivity index (χ0n) is 11.3. The van der Waals surface area contributed by atoms with Crippen LogP contribution >= 0.6 is 0 Å². The highest BCUT2D eigenvalue weighted by atomic mass is 32.2. The summed E-state index contributed by atoms with van der Waals surface area (Å²) in [6.45, 7) is 0.560. The predicted molar refractivity (Wildman–Crippen MR) is 78.6 cm³/mol. The molecule has 0 bridgehead atoms. The highest BCUT2D eigenvalue weighted by molar-refractivity contribution is 7.89. The molecule has 0 saturated carbocycles. The second kappa shape index (κ2) is 5.13. The summed E-state index contributed by atoms with van der Waals surface area (Å²) in [6.07, 6.45) is 0.600. The maximum Gasteiger partial charge on any atom is 0.246 e. The molecule has 1 aliphatic heterocycles. The van der Waals surface area contributed by atoms with Crippen LogP contribution < -0.4 is 5.73 Å². The lowest BCUT2D eigenvalue weighted by Gasteiger charge is -2.28. The number of rotatable bonds is 2. The summed E-state index contributed by atoms with van der Waals surface area (Å²) in [6, 6.07) is 10.9. The van der Waals surface area contributed by atoms with Crippen molar-refractivity contribution in [2.24, 2.45) is 0 Å². The Bertz CT molecular complexity index is 790. The summed E-state index contributed by atoms with van der Waals surface area (Å²) in [7, 11) is -3.83. The summed E-state index contributed by atoms with van der Waals surface area (Å²) >= 11 is 0. The van der Waals surface area contributed by atoms with Crippen LogP contribution in [-0.4, -0.2) is 19.3 Å². The van der Waals surface area contributed by atoms with Crippen LogP contribution in [-0.2, 0) is 23.0 Å². The van der Waals surface area contributed by atoms with E-state index in [9.17, 15) is 12.8 Å². The first kappa shape index (κ1) is 14.0. The molecule has 110 valence electrons. The van der Waals surface area contributed by atoms with Crippen molar-refractivity contribution in [3.63, 3.8) is 0 Å². The first-order valence-corrected chi connectivity index (χ1v) is 8.04. The van der Waals surface area contributed by atoms with Crippen LogP contribution in [0.2, 0.25) is 0 Å². The quantitative estimate of drug-likeness (QED) is 0.865. The van der Waals surface area contributed by atoms with E-state index in [2.05, 4.69) is 0 Å². The molecule has 0 fully saturated rings. The molecule has 21 heavy (non-hydrogen) atoms. The molecule has 2 aromatic carbocycles. The van der Waals surface area contributed by atoms with Gasteiger partial charge in [0.1, 0.15) is 10.7 Å². The lowest BCUT2D eigenvalue weighted by atomic mass is 10.0. The molecule has 0 radical (unpaired) electrons. The van der Waals surface area contributed by atoms with E-state index >= 15 is 0 Å². The Kier molecular flexibility index (Phi) is 3.43. The molecule has 6 heteroatoms. The third kappa shape index (κ3) is 2.52. The van der Waals surface area contributed by atoms with Gasteiger partial charge in [0.15, 0.2) is 0 Å². The first-order chi connectivity index (χ1) is 9.98. The van der Waals surface area contributed by atoms with Gasteiger partial charge in [0, 0.05) is 18.8 Å². The monoisotopic (exact) mass is 306 g/mol. The molecule has 2 N–H and O–H groups in total. The second-order valence-corrected chi connectivity index (χ2v) is 6.95.